The van der Waals surface area contributed by atoms with Crippen molar-refractivity contribution in [1.29, 1.82) is 0 Å². The normalized spacial score (nSPS) is 59.4. The molecular formula is C10H13IO3. The van der Waals surface area contributed by atoms with Crippen LogP contribution in [0.5, 0.6) is 0 Å². The van der Waals surface area contributed by atoms with Crippen molar-refractivity contribution in [2.45, 2.75) is 23.4 Å². The zero-order valence-electron chi connectivity index (χ0n) is 7.94. The van der Waals surface area contributed by atoms with E-state index in [4.69, 9.17) is 4.74 Å². The van der Waals surface area contributed by atoms with E-state index in [1.165, 1.54) is 0 Å². The monoisotopic (exact) mass is 308 g/mol. The molecule has 2 bridgehead atoms. The lowest BCUT2D eigenvalue weighted by Gasteiger charge is -2.34. The number of halogens is 1. The van der Waals surface area contributed by atoms with E-state index in [9.17, 15) is 9.90 Å². The van der Waals surface area contributed by atoms with Gasteiger partial charge in [0.15, 0.2) is 0 Å². The number of ether oxygens (including phenoxy) is 1. The highest BCUT2D eigenvalue weighted by molar-refractivity contribution is 14.1. The van der Waals surface area contributed by atoms with Crippen LogP contribution in [-0.2, 0) is 9.53 Å². The van der Waals surface area contributed by atoms with E-state index in [1.54, 1.807) is 0 Å². The predicted octanol–water partition coefficient (Wildman–Crippen LogP) is 0.980. The van der Waals surface area contributed by atoms with E-state index in [2.05, 4.69) is 22.6 Å². The number of carbonyl (C=O) groups is 1. The molecule has 78 valence electrons. The second-order valence-electron chi connectivity index (χ2n) is 4.89. The summed E-state index contributed by atoms with van der Waals surface area (Å²) in [4.78, 5) is 11.8. The van der Waals surface area contributed by atoms with E-state index < -0.39 is 0 Å². The van der Waals surface area contributed by atoms with Crippen LogP contribution in [0.2, 0.25) is 0 Å². The van der Waals surface area contributed by atoms with Gasteiger partial charge in [-0.1, -0.05) is 22.6 Å². The summed E-state index contributed by atoms with van der Waals surface area (Å²) < 4.78 is 5.84. The first-order valence-corrected chi connectivity index (χ1v) is 6.31. The third-order valence-electron chi connectivity index (χ3n) is 4.58. The first kappa shape index (κ1) is 9.39. The van der Waals surface area contributed by atoms with Crippen LogP contribution < -0.4 is 0 Å². The minimum Gasteiger partial charge on any atom is -0.460 e. The Kier molecular flexibility index (Phi) is 1.77. The van der Waals surface area contributed by atoms with Gasteiger partial charge in [-0.3, -0.25) is 4.79 Å². The van der Waals surface area contributed by atoms with Crippen LogP contribution >= 0.6 is 22.6 Å². The minimum absolute atomic E-state index is 0.0757. The van der Waals surface area contributed by atoms with Crippen LogP contribution in [0, 0.1) is 23.2 Å². The lowest BCUT2D eigenvalue weighted by molar-refractivity contribution is -0.149. The van der Waals surface area contributed by atoms with E-state index in [-0.39, 0.29) is 30.0 Å². The molecule has 1 aliphatic heterocycles. The first-order valence-electron chi connectivity index (χ1n) is 5.06. The van der Waals surface area contributed by atoms with E-state index in [1.807, 2.05) is 6.92 Å². The van der Waals surface area contributed by atoms with Gasteiger partial charge in [0, 0.05) is 18.4 Å². The number of rotatable bonds is 1. The molecule has 1 N–H and O–H groups in total. The number of carbonyl (C=O) groups excluding carboxylic acids is 1. The zero-order valence-corrected chi connectivity index (χ0v) is 10.1. The third-order valence-corrected chi connectivity index (χ3v) is 6.22. The highest BCUT2D eigenvalue weighted by Crippen LogP contribution is 2.66. The Labute approximate surface area is 96.3 Å². The fourth-order valence-corrected chi connectivity index (χ4v) is 5.18. The zero-order chi connectivity index (χ0) is 10.1. The third kappa shape index (κ3) is 0.777. The van der Waals surface area contributed by atoms with Gasteiger partial charge >= 0.3 is 5.97 Å². The molecule has 0 aromatic heterocycles. The summed E-state index contributed by atoms with van der Waals surface area (Å²) in [5.74, 6) is 0.889. The summed E-state index contributed by atoms with van der Waals surface area (Å²) in [6, 6.07) is 0. The molecule has 2 saturated carbocycles. The fourth-order valence-electron chi connectivity index (χ4n) is 3.74. The van der Waals surface area contributed by atoms with Crippen molar-refractivity contribution in [2.24, 2.45) is 23.2 Å². The molecule has 3 fully saturated rings. The Hall–Kier alpha value is 0.160. The maximum Gasteiger partial charge on any atom is 0.312 e. The molecule has 3 aliphatic rings. The number of aliphatic hydroxyl groups excluding tert-OH is 1. The van der Waals surface area contributed by atoms with Crippen molar-refractivity contribution < 1.29 is 14.6 Å². The van der Waals surface area contributed by atoms with Crippen LogP contribution in [0.25, 0.3) is 0 Å². The Balaban J connectivity index is 2.09. The molecule has 1 heterocycles. The molecule has 2 aliphatic carbocycles. The van der Waals surface area contributed by atoms with Gasteiger partial charge in [0.25, 0.3) is 0 Å². The van der Waals surface area contributed by atoms with Crippen molar-refractivity contribution in [2.75, 3.05) is 6.61 Å². The number of fused-ring (bicyclic) bond motifs is 1. The second kappa shape index (κ2) is 2.64. The van der Waals surface area contributed by atoms with Crippen LogP contribution in [0.1, 0.15) is 13.3 Å². The smallest absolute Gasteiger partial charge is 0.312 e. The standard InChI is InChI=1S/C10H13IO3/c1-10-5-2-4(6(10)3-12)7(11)8(5)14-9(10)13/h4-8,12H,2-3H2,1H3/t4-,5-,6-,7-,8-,10+/m0/s1. The molecule has 3 nitrogen and oxygen atoms in total. The van der Waals surface area contributed by atoms with E-state index in [0.717, 1.165) is 6.42 Å². The summed E-state index contributed by atoms with van der Waals surface area (Å²) >= 11 is 2.38. The van der Waals surface area contributed by atoms with Gasteiger partial charge in [0.2, 0.25) is 0 Å². The molecule has 4 heteroatoms. The molecule has 1 saturated heterocycles. The maximum absolute atomic E-state index is 11.8. The highest BCUT2D eigenvalue weighted by atomic mass is 127. The van der Waals surface area contributed by atoms with Crippen LogP contribution in [0.15, 0.2) is 0 Å². The Morgan fingerprint density at radius 3 is 3.07 bits per heavy atom. The molecule has 0 aromatic carbocycles. The molecule has 14 heavy (non-hydrogen) atoms. The molecule has 0 aromatic rings. The Morgan fingerprint density at radius 1 is 1.71 bits per heavy atom. The van der Waals surface area contributed by atoms with Crippen LogP contribution in [0.4, 0.5) is 0 Å². The summed E-state index contributed by atoms with van der Waals surface area (Å²) in [6.07, 6.45) is 1.19. The average Bonchev–Trinajstić information content (AvgIpc) is 2.67. The minimum atomic E-state index is -0.383. The van der Waals surface area contributed by atoms with Gasteiger partial charge in [-0.25, -0.2) is 0 Å². The molecule has 0 unspecified atom stereocenters. The quantitative estimate of drug-likeness (QED) is 0.446. The highest BCUT2D eigenvalue weighted by Gasteiger charge is 2.72. The van der Waals surface area contributed by atoms with Gasteiger partial charge in [0.05, 0.1) is 9.34 Å². The van der Waals surface area contributed by atoms with Crippen molar-refractivity contribution in [1.82, 2.24) is 0 Å². The molecular weight excluding hydrogens is 295 g/mol. The Bertz CT molecular complexity index is 306. The largest absolute Gasteiger partial charge is 0.460 e. The SMILES string of the molecule is C[C@@]12C(=O)O[C@@H]3[C@@H](I)[C@@H](C[C@@H]31)[C@@H]2CO. The molecule has 0 radical (unpaired) electrons. The second-order valence-corrected chi connectivity index (χ2v) is 6.33. The summed E-state index contributed by atoms with van der Waals surface area (Å²) in [6.45, 7) is 2.10. The molecule has 3 rings (SSSR count). The van der Waals surface area contributed by atoms with Gasteiger partial charge in [-0.05, 0) is 19.3 Å². The van der Waals surface area contributed by atoms with Gasteiger partial charge in [-0.2, -0.15) is 0 Å². The summed E-state index contributed by atoms with van der Waals surface area (Å²) in [5, 5.41) is 9.40. The first-order chi connectivity index (χ1) is 6.60. The van der Waals surface area contributed by atoms with Crippen molar-refractivity contribution in [3.05, 3.63) is 0 Å². The van der Waals surface area contributed by atoms with Crippen molar-refractivity contribution in [3.63, 3.8) is 0 Å². The van der Waals surface area contributed by atoms with Gasteiger partial charge < -0.3 is 9.84 Å². The van der Waals surface area contributed by atoms with Crippen molar-refractivity contribution >= 4 is 28.6 Å². The maximum atomic E-state index is 11.8. The van der Waals surface area contributed by atoms with E-state index >= 15 is 0 Å². The topological polar surface area (TPSA) is 46.5 Å². The number of aliphatic hydroxyl groups is 1. The predicted molar refractivity (Wildman–Crippen MR) is 58.0 cm³/mol. The average molecular weight is 308 g/mol. The Morgan fingerprint density at radius 2 is 2.43 bits per heavy atom. The van der Waals surface area contributed by atoms with Crippen LogP contribution in [-0.4, -0.2) is 27.7 Å². The summed E-state index contributed by atoms with van der Waals surface area (Å²) in [5.41, 5.74) is -0.383. The summed E-state index contributed by atoms with van der Waals surface area (Å²) in [7, 11) is 0. The van der Waals surface area contributed by atoms with Gasteiger partial charge in [-0.15, -0.1) is 0 Å². The van der Waals surface area contributed by atoms with Crippen LogP contribution in [0.3, 0.4) is 0 Å². The number of alkyl halides is 1. The fraction of sp³-hybridized carbons (Fsp3) is 0.900. The lowest BCUT2D eigenvalue weighted by Crippen LogP contribution is -2.42. The lowest BCUT2D eigenvalue weighted by atomic mass is 9.68. The van der Waals surface area contributed by atoms with Crippen molar-refractivity contribution in [3.8, 4) is 0 Å². The molecule has 0 amide bonds. The number of hydrogen-bond acceptors (Lipinski definition) is 3. The molecule has 6 atom stereocenters. The van der Waals surface area contributed by atoms with E-state index in [0.29, 0.717) is 15.8 Å². The number of hydrogen-bond donors (Lipinski definition) is 1. The molecule has 0 spiro atoms. The van der Waals surface area contributed by atoms with Gasteiger partial charge in [0.1, 0.15) is 6.10 Å². The number of esters is 1.